The number of unbranched alkanes of at least 4 members (excludes halogenated alkanes) is 1. The van der Waals surface area contributed by atoms with Crippen molar-refractivity contribution in [1.29, 1.82) is 0 Å². The van der Waals surface area contributed by atoms with Crippen LogP contribution in [0.25, 0.3) is 0 Å². The number of primary amides is 1. The quantitative estimate of drug-likeness (QED) is 0.109. The topological polar surface area (TPSA) is 240 Å². The van der Waals surface area contributed by atoms with E-state index in [4.69, 9.17) is 17.2 Å². The number of rotatable bonds is 16. The highest BCUT2D eigenvalue weighted by Gasteiger charge is 2.30. The van der Waals surface area contributed by atoms with Crippen LogP contribution in [0.1, 0.15) is 46.0 Å². The van der Waals surface area contributed by atoms with Crippen molar-refractivity contribution >= 4 is 29.6 Å². The van der Waals surface area contributed by atoms with Gasteiger partial charge in [0.05, 0.1) is 12.6 Å². The van der Waals surface area contributed by atoms with E-state index in [-0.39, 0.29) is 19.3 Å². The summed E-state index contributed by atoms with van der Waals surface area (Å²) in [7, 11) is 0. The molecule has 0 spiro atoms. The second-order valence-electron chi connectivity index (χ2n) is 7.77. The zero-order valence-corrected chi connectivity index (χ0v) is 18.5. The largest absolute Gasteiger partial charge is 0.480 e. The van der Waals surface area contributed by atoms with Crippen molar-refractivity contribution in [1.82, 2.24) is 16.0 Å². The minimum absolute atomic E-state index is 0.00818. The summed E-state index contributed by atoms with van der Waals surface area (Å²) in [6.07, 6.45) is 1.13. The van der Waals surface area contributed by atoms with Gasteiger partial charge in [-0.2, -0.15) is 0 Å². The van der Waals surface area contributed by atoms with Crippen LogP contribution in [0.5, 0.6) is 0 Å². The molecule has 0 aromatic rings. The van der Waals surface area contributed by atoms with Gasteiger partial charge in [-0.15, -0.1) is 0 Å². The van der Waals surface area contributed by atoms with Gasteiger partial charge in [0.2, 0.25) is 23.6 Å². The molecule has 32 heavy (non-hydrogen) atoms. The lowest BCUT2D eigenvalue weighted by atomic mass is 10.0. The number of carboxylic acid groups (broad SMARTS) is 1. The molecule has 4 amide bonds. The summed E-state index contributed by atoms with van der Waals surface area (Å²) >= 11 is 0. The monoisotopic (exact) mass is 460 g/mol. The molecule has 0 aliphatic heterocycles. The zero-order valence-electron chi connectivity index (χ0n) is 18.5. The average Bonchev–Trinajstić information content (AvgIpc) is 2.72. The van der Waals surface area contributed by atoms with Crippen LogP contribution in [-0.2, 0) is 24.0 Å². The maximum Gasteiger partial charge on any atom is 0.326 e. The molecular formula is C19H36N6O7. The maximum absolute atomic E-state index is 12.7. The molecule has 11 N–H and O–H groups in total. The molecule has 0 radical (unpaired) electrons. The van der Waals surface area contributed by atoms with E-state index in [1.807, 2.05) is 0 Å². The van der Waals surface area contributed by atoms with E-state index in [0.717, 1.165) is 0 Å². The van der Waals surface area contributed by atoms with E-state index < -0.39 is 66.3 Å². The van der Waals surface area contributed by atoms with Crippen molar-refractivity contribution in [3.8, 4) is 0 Å². The number of carbonyl (C=O) groups excluding carboxylic acids is 4. The Bertz CT molecular complexity index is 658. The van der Waals surface area contributed by atoms with Gasteiger partial charge in [0, 0.05) is 6.42 Å². The third-order valence-corrected chi connectivity index (χ3v) is 4.66. The molecule has 0 saturated carbocycles. The van der Waals surface area contributed by atoms with Gasteiger partial charge in [0.1, 0.15) is 18.1 Å². The van der Waals surface area contributed by atoms with E-state index >= 15 is 0 Å². The Morgan fingerprint density at radius 1 is 0.875 bits per heavy atom. The summed E-state index contributed by atoms with van der Waals surface area (Å²) in [6.45, 7) is 2.77. The summed E-state index contributed by atoms with van der Waals surface area (Å²) in [4.78, 5) is 59.5. The SMILES string of the molecule is CC(C)C(NC(=O)C(CO)NC(=O)C(CCCCN)NC(=O)C(N)CCC(N)=O)C(=O)O. The number of amides is 4. The standard InChI is InChI=1S/C19H36N6O7/c1-10(2)15(19(31)32)25-18(30)13(9-26)24-17(29)12(5-3-4-8-20)23-16(28)11(21)6-7-14(22)27/h10-13,15,26H,3-9,20-21H2,1-2H3,(H2,22,27)(H,23,28)(H,24,29)(H,25,30)(H,31,32). The molecule has 13 heteroatoms. The van der Waals surface area contributed by atoms with Gasteiger partial charge in [0.15, 0.2) is 0 Å². The molecule has 0 aliphatic rings. The molecule has 4 atom stereocenters. The lowest BCUT2D eigenvalue weighted by molar-refractivity contribution is -0.143. The molecule has 184 valence electrons. The van der Waals surface area contributed by atoms with Crippen molar-refractivity contribution in [2.24, 2.45) is 23.1 Å². The molecule has 0 fully saturated rings. The number of hydrogen-bond donors (Lipinski definition) is 8. The van der Waals surface area contributed by atoms with Crippen LogP contribution in [0.15, 0.2) is 0 Å². The first kappa shape index (κ1) is 29.2. The second-order valence-corrected chi connectivity index (χ2v) is 7.77. The fourth-order valence-corrected chi connectivity index (χ4v) is 2.70. The molecular weight excluding hydrogens is 424 g/mol. The number of aliphatic hydroxyl groups is 1. The molecule has 0 saturated heterocycles. The minimum atomic E-state index is -1.43. The van der Waals surface area contributed by atoms with Crippen LogP contribution >= 0.6 is 0 Å². The van der Waals surface area contributed by atoms with Crippen molar-refractivity contribution in [2.75, 3.05) is 13.2 Å². The summed E-state index contributed by atoms with van der Waals surface area (Å²) in [5, 5.41) is 25.8. The van der Waals surface area contributed by atoms with Gasteiger partial charge in [-0.3, -0.25) is 19.2 Å². The van der Waals surface area contributed by atoms with E-state index in [9.17, 15) is 34.2 Å². The highest BCUT2D eigenvalue weighted by Crippen LogP contribution is 2.05. The first-order valence-electron chi connectivity index (χ1n) is 10.4. The molecule has 0 rings (SSSR count). The third kappa shape index (κ3) is 11.0. The van der Waals surface area contributed by atoms with Crippen LogP contribution in [0, 0.1) is 5.92 Å². The smallest absolute Gasteiger partial charge is 0.326 e. The predicted molar refractivity (Wildman–Crippen MR) is 115 cm³/mol. The summed E-state index contributed by atoms with van der Waals surface area (Å²) < 4.78 is 0. The summed E-state index contributed by atoms with van der Waals surface area (Å²) in [5.41, 5.74) is 16.2. The first-order valence-corrected chi connectivity index (χ1v) is 10.4. The Kier molecular flexibility index (Phi) is 13.8. The maximum atomic E-state index is 12.7. The van der Waals surface area contributed by atoms with Crippen LogP contribution in [-0.4, -0.2) is 77.1 Å². The molecule has 0 bridgehead atoms. The lowest BCUT2D eigenvalue weighted by Gasteiger charge is -2.25. The van der Waals surface area contributed by atoms with Crippen molar-refractivity contribution < 1.29 is 34.2 Å². The fourth-order valence-electron chi connectivity index (χ4n) is 2.70. The second kappa shape index (κ2) is 15.1. The highest BCUT2D eigenvalue weighted by atomic mass is 16.4. The van der Waals surface area contributed by atoms with Gasteiger partial charge in [-0.05, 0) is 38.1 Å². The van der Waals surface area contributed by atoms with Gasteiger partial charge in [-0.1, -0.05) is 13.8 Å². The van der Waals surface area contributed by atoms with E-state index in [0.29, 0.717) is 19.4 Å². The number of hydrogen-bond acceptors (Lipinski definition) is 8. The number of aliphatic hydroxyl groups excluding tert-OH is 1. The molecule has 0 aromatic heterocycles. The normalized spacial score (nSPS) is 14.7. The number of nitrogens with two attached hydrogens (primary N) is 3. The molecule has 4 unspecified atom stereocenters. The van der Waals surface area contributed by atoms with Gasteiger partial charge in [-0.25, -0.2) is 4.79 Å². The molecule has 0 aliphatic carbocycles. The van der Waals surface area contributed by atoms with Crippen molar-refractivity contribution in [2.45, 2.75) is 70.1 Å². The Morgan fingerprint density at radius 3 is 1.91 bits per heavy atom. The van der Waals surface area contributed by atoms with E-state index in [2.05, 4.69) is 16.0 Å². The molecule has 13 nitrogen and oxygen atoms in total. The first-order chi connectivity index (χ1) is 14.9. The molecule has 0 heterocycles. The summed E-state index contributed by atoms with van der Waals surface area (Å²) in [6, 6.07) is -4.81. The number of carboxylic acids is 1. The lowest BCUT2D eigenvalue weighted by Crippen LogP contribution is -2.58. The number of aliphatic carboxylic acids is 1. The van der Waals surface area contributed by atoms with Crippen LogP contribution < -0.4 is 33.2 Å². The highest BCUT2D eigenvalue weighted by molar-refractivity contribution is 5.94. The number of carbonyl (C=O) groups is 5. The Balaban J connectivity index is 5.22. The average molecular weight is 461 g/mol. The summed E-state index contributed by atoms with van der Waals surface area (Å²) in [5.74, 6) is -4.64. The van der Waals surface area contributed by atoms with Gasteiger partial charge < -0.3 is 43.4 Å². The van der Waals surface area contributed by atoms with Crippen LogP contribution in [0.3, 0.4) is 0 Å². The van der Waals surface area contributed by atoms with Crippen LogP contribution in [0.2, 0.25) is 0 Å². The predicted octanol–water partition coefficient (Wildman–Crippen LogP) is -3.10. The van der Waals surface area contributed by atoms with Crippen LogP contribution in [0.4, 0.5) is 0 Å². The zero-order chi connectivity index (χ0) is 24.8. The van der Waals surface area contributed by atoms with Gasteiger partial charge >= 0.3 is 5.97 Å². The van der Waals surface area contributed by atoms with E-state index in [1.54, 1.807) is 13.8 Å². The minimum Gasteiger partial charge on any atom is -0.480 e. The number of nitrogens with one attached hydrogen (secondary N) is 3. The Morgan fingerprint density at radius 2 is 1.44 bits per heavy atom. The van der Waals surface area contributed by atoms with Gasteiger partial charge in [0.25, 0.3) is 0 Å². The van der Waals surface area contributed by atoms with E-state index in [1.165, 1.54) is 0 Å². The molecule has 0 aromatic carbocycles. The third-order valence-electron chi connectivity index (χ3n) is 4.66. The fraction of sp³-hybridized carbons (Fsp3) is 0.737. The van der Waals surface area contributed by atoms with Crippen molar-refractivity contribution in [3.63, 3.8) is 0 Å². The Labute approximate surface area is 186 Å². The van der Waals surface area contributed by atoms with Crippen molar-refractivity contribution in [3.05, 3.63) is 0 Å². The Hall–Kier alpha value is -2.77.